The van der Waals surface area contributed by atoms with E-state index in [0.29, 0.717) is 21.8 Å². The molecule has 2 aromatic carbocycles. The Morgan fingerprint density at radius 2 is 1.91 bits per heavy atom. The van der Waals surface area contributed by atoms with E-state index in [0.717, 1.165) is 11.3 Å². The fraction of sp³-hybridized carbons (Fsp3) is 0.222. The van der Waals surface area contributed by atoms with Crippen LogP contribution in [0.3, 0.4) is 0 Å². The molecule has 1 heterocycles. The van der Waals surface area contributed by atoms with Gasteiger partial charge >= 0.3 is 0 Å². The van der Waals surface area contributed by atoms with Crippen LogP contribution in [0.25, 0.3) is 16.6 Å². The van der Waals surface area contributed by atoms with E-state index in [1.165, 1.54) is 17.3 Å². The standard InChI is InChI=1S/C18H18N2O2S/c1-12-7-8-14(11-13(12)2)20-17(22)15-5-3-4-6-16(15)19-18(20)23-10-9-21/h3-8,11,21H,9-10H2,1-2H3. The molecule has 3 rings (SSSR count). The van der Waals surface area contributed by atoms with E-state index in [9.17, 15) is 4.79 Å². The van der Waals surface area contributed by atoms with E-state index < -0.39 is 0 Å². The molecule has 0 aliphatic carbocycles. The van der Waals surface area contributed by atoms with Crippen LogP contribution in [0.4, 0.5) is 0 Å². The Morgan fingerprint density at radius 3 is 2.65 bits per heavy atom. The van der Waals surface area contributed by atoms with E-state index in [-0.39, 0.29) is 12.2 Å². The number of aliphatic hydroxyl groups excluding tert-OH is 1. The predicted molar refractivity (Wildman–Crippen MR) is 94.6 cm³/mol. The van der Waals surface area contributed by atoms with Crippen LogP contribution in [0.15, 0.2) is 52.4 Å². The van der Waals surface area contributed by atoms with E-state index in [2.05, 4.69) is 4.98 Å². The molecule has 4 nitrogen and oxygen atoms in total. The van der Waals surface area contributed by atoms with Gasteiger partial charge in [0.1, 0.15) is 0 Å². The van der Waals surface area contributed by atoms with Crippen LogP contribution < -0.4 is 5.56 Å². The molecule has 0 saturated carbocycles. The summed E-state index contributed by atoms with van der Waals surface area (Å²) in [6.07, 6.45) is 0. The van der Waals surface area contributed by atoms with E-state index in [4.69, 9.17) is 5.11 Å². The first-order valence-electron chi connectivity index (χ1n) is 7.45. The van der Waals surface area contributed by atoms with Gasteiger partial charge in [0.2, 0.25) is 0 Å². The molecule has 1 aromatic heterocycles. The summed E-state index contributed by atoms with van der Waals surface area (Å²) in [6, 6.07) is 13.3. The smallest absolute Gasteiger partial charge is 0.266 e. The van der Waals surface area contributed by atoms with Gasteiger partial charge in [0.15, 0.2) is 5.16 Å². The highest BCUT2D eigenvalue weighted by atomic mass is 32.2. The molecule has 3 aromatic rings. The van der Waals surface area contributed by atoms with Crippen molar-refractivity contribution in [1.29, 1.82) is 0 Å². The minimum atomic E-state index is -0.0840. The second-order valence-electron chi connectivity index (χ2n) is 5.39. The quantitative estimate of drug-likeness (QED) is 0.591. The van der Waals surface area contributed by atoms with Crippen molar-refractivity contribution in [3.05, 3.63) is 63.9 Å². The molecule has 0 spiro atoms. The average molecular weight is 326 g/mol. The van der Waals surface area contributed by atoms with Crippen molar-refractivity contribution in [1.82, 2.24) is 9.55 Å². The Kier molecular flexibility index (Phi) is 4.50. The number of aryl methyl sites for hydroxylation is 2. The molecule has 0 radical (unpaired) electrons. The number of aromatic nitrogens is 2. The number of hydrogen-bond donors (Lipinski definition) is 1. The minimum absolute atomic E-state index is 0.0420. The zero-order valence-electron chi connectivity index (χ0n) is 13.1. The fourth-order valence-corrected chi connectivity index (χ4v) is 3.19. The molecule has 0 unspecified atom stereocenters. The molecule has 0 saturated heterocycles. The highest BCUT2D eigenvalue weighted by Gasteiger charge is 2.13. The van der Waals surface area contributed by atoms with Crippen LogP contribution in [0.2, 0.25) is 0 Å². The van der Waals surface area contributed by atoms with Crippen LogP contribution in [0, 0.1) is 13.8 Å². The lowest BCUT2D eigenvalue weighted by molar-refractivity contribution is 0.322. The molecule has 0 aliphatic heterocycles. The first-order chi connectivity index (χ1) is 11.1. The van der Waals surface area contributed by atoms with Gasteiger partial charge in [0.05, 0.1) is 23.2 Å². The summed E-state index contributed by atoms with van der Waals surface area (Å²) in [4.78, 5) is 17.6. The number of aliphatic hydroxyl groups is 1. The van der Waals surface area contributed by atoms with Crippen LogP contribution in [0.5, 0.6) is 0 Å². The first-order valence-corrected chi connectivity index (χ1v) is 8.43. The zero-order chi connectivity index (χ0) is 16.4. The lowest BCUT2D eigenvalue weighted by Crippen LogP contribution is -2.22. The maximum absolute atomic E-state index is 13.0. The van der Waals surface area contributed by atoms with Gasteiger partial charge in [-0.3, -0.25) is 9.36 Å². The van der Waals surface area contributed by atoms with Gasteiger partial charge < -0.3 is 5.11 Å². The van der Waals surface area contributed by atoms with Gasteiger partial charge in [-0.15, -0.1) is 0 Å². The third-order valence-corrected chi connectivity index (χ3v) is 4.73. The maximum Gasteiger partial charge on any atom is 0.266 e. The summed E-state index contributed by atoms with van der Waals surface area (Å²) in [5.74, 6) is 0.496. The number of para-hydroxylation sites is 1. The molecule has 23 heavy (non-hydrogen) atoms. The van der Waals surface area contributed by atoms with Crippen molar-refractivity contribution in [3.8, 4) is 5.69 Å². The monoisotopic (exact) mass is 326 g/mol. The molecule has 1 N–H and O–H groups in total. The fourth-order valence-electron chi connectivity index (χ4n) is 2.44. The number of rotatable bonds is 4. The minimum Gasteiger partial charge on any atom is -0.396 e. The van der Waals surface area contributed by atoms with Crippen LogP contribution >= 0.6 is 11.8 Å². The summed E-state index contributed by atoms with van der Waals surface area (Å²) in [5.41, 5.74) is 3.70. The van der Waals surface area contributed by atoms with Gasteiger partial charge in [-0.2, -0.15) is 0 Å². The predicted octanol–water partition coefficient (Wildman–Crippen LogP) is 3.09. The Bertz CT molecular complexity index is 919. The van der Waals surface area contributed by atoms with Crippen molar-refractivity contribution in [2.24, 2.45) is 0 Å². The first kappa shape index (κ1) is 15.8. The summed E-state index contributed by atoms with van der Waals surface area (Å²) >= 11 is 1.38. The molecule has 118 valence electrons. The highest BCUT2D eigenvalue weighted by molar-refractivity contribution is 7.99. The van der Waals surface area contributed by atoms with Crippen molar-refractivity contribution in [2.45, 2.75) is 19.0 Å². The molecule has 0 bridgehead atoms. The Balaban J connectivity index is 2.29. The number of hydrogen-bond acceptors (Lipinski definition) is 4. The van der Waals surface area contributed by atoms with Gasteiger partial charge in [-0.1, -0.05) is 30.0 Å². The lowest BCUT2D eigenvalue weighted by atomic mass is 10.1. The van der Waals surface area contributed by atoms with E-state index in [1.54, 1.807) is 10.6 Å². The van der Waals surface area contributed by atoms with Gasteiger partial charge in [0, 0.05) is 5.75 Å². The van der Waals surface area contributed by atoms with Gasteiger partial charge in [-0.25, -0.2) is 4.98 Å². The van der Waals surface area contributed by atoms with Crippen LogP contribution in [0.1, 0.15) is 11.1 Å². The van der Waals surface area contributed by atoms with Crippen molar-refractivity contribution >= 4 is 22.7 Å². The molecule has 0 aliphatic rings. The molecule has 0 atom stereocenters. The normalized spacial score (nSPS) is 11.1. The van der Waals surface area contributed by atoms with E-state index in [1.807, 2.05) is 50.2 Å². The highest BCUT2D eigenvalue weighted by Crippen LogP contribution is 2.22. The SMILES string of the molecule is Cc1ccc(-n2c(SCCO)nc3ccccc3c2=O)cc1C. The Morgan fingerprint density at radius 1 is 1.13 bits per heavy atom. The maximum atomic E-state index is 13.0. The number of thioether (sulfide) groups is 1. The lowest BCUT2D eigenvalue weighted by Gasteiger charge is -2.14. The number of benzene rings is 2. The Hall–Kier alpha value is -2.11. The second-order valence-corrected chi connectivity index (χ2v) is 6.45. The van der Waals surface area contributed by atoms with Crippen molar-refractivity contribution in [2.75, 3.05) is 12.4 Å². The third-order valence-electron chi connectivity index (χ3n) is 3.82. The Labute approximate surface area is 138 Å². The van der Waals surface area contributed by atoms with Crippen LogP contribution in [-0.2, 0) is 0 Å². The molecular formula is C18H18N2O2S. The largest absolute Gasteiger partial charge is 0.396 e. The topological polar surface area (TPSA) is 55.1 Å². The molecule has 5 heteroatoms. The summed E-state index contributed by atoms with van der Waals surface area (Å²) in [7, 11) is 0. The molecular weight excluding hydrogens is 308 g/mol. The van der Waals surface area contributed by atoms with Crippen molar-refractivity contribution in [3.63, 3.8) is 0 Å². The summed E-state index contributed by atoms with van der Waals surface area (Å²) < 4.78 is 1.63. The summed E-state index contributed by atoms with van der Waals surface area (Å²) in [5, 5.41) is 10.3. The van der Waals surface area contributed by atoms with Gasteiger partial charge in [-0.05, 0) is 49.2 Å². The average Bonchev–Trinajstić information content (AvgIpc) is 2.56. The summed E-state index contributed by atoms with van der Waals surface area (Å²) in [6.45, 7) is 4.11. The number of fused-ring (bicyclic) bond motifs is 1. The van der Waals surface area contributed by atoms with Gasteiger partial charge in [0.25, 0.3) is 5.56 Å². The third kappa shape index (κ3) is 3.02. The van der Waals surface area contributed by atoms with E-state index >= 15 is 0 Å². The zero-order valence-corrected chi connectivity index (χ0v) is 13.9. The van der Waals surface area contributed by atoms with Crippen LogP contribution in [-0.4, -0.2) is 27.0 Å². The number of nitrogens with zero attached hydrogens (tertiary/aromatic N) is 2. The molecule has 0 fully saturated rings. The van der Waals surface area contributed by atoms with Crippen molar-refractivity contribution < 1.29 is 5.11 Å². The molecule has 0 amide bonds. The second kappa shape index (κ2) is 6.56.